The smallest absolute Gasteiger partial charge is 0.287 e. The van der Waals surface area contributed by atoms with Crippen molar-refractivity contribution in [3.05, 3.63) is 47.9 Å². The number of ether oxygens (including phenoxy) is 2. The van der Waals surface area contributed by atoms with Crippen LogP contribution in [-0.4, -0.2) is 37.5 Å². The highest BCUT2D eigenvalue weighted by Gasteiger charge is 2.15. The van der Waals surface area contributed by atoms with E-state index < -0.39 is 10.8 Å². The minimum atomic E-state index is -1.32. The number of methoxy groups -OCH3 is 2. The molecule has 2 rings (SSSR count). The summed E-state index contributed by atoms with van der Waals surface area (Å²) in [6.07, 6.45) is 0. The number of amides is 1. The van der Waals surface area contributed by atoms with E-state index in [2.05, 4.69) is 5.32 Å². The van der Waals surface area contributed by atoms with E-state index in [4.69, 9.17) is 13.9 Å². The van der Waals surface area contributed by atoms with Gasteiger partial charge in [-0.15, -0.1) is 0 Å². The average molecular weight is 337 g/mol. The fourth-order valence-electron chi connectivity index (χ4n) is 1.95. The minimum Gasteiger partial charge on any atom is -0.495 e. The Morgan fingerprint density at radius 1 is 1.22 bits per heavy atom. The minimum absolute atomic E-state index is 0.172. The van der Waals surface area contributed by atoms with Crippen LogP contribution in [0.25, 0.3) is 0 Å². The number of carbonyl (C=O) groups excluding carboxylic acids is 1. The lowest BCUT2D eigenvalue weighted by molar-refractivity contribution is 0.0908. The van der Waals surface area contributed by atoms with Crippen molar-refractivity contribution in [3.63, 3.8) is 0 Å². The van der Waals surface area contributed by atoms with E-state index in [9.17, 15) is 9.00 Å². The molecule has 0 aliphatic carbocycles. The van der Waals surface area contributed by atoms with Gasteiger partial charge in [-0.3, -0.25) is 9.00 Å². The van der Waals surface area contributed by atoms with Crippen molar-refractivity contribution in [2.24, 2.45) is 0 Å². The van der Waals surface area contributed by atoms with Crippen LogP contribution < -0.4 is 10.1 Å². The Morgan fingerprint density at radius 2 is 2.00 bits per heavy atom. The molecule has 1 N–H and O–H groups in total. The summed E-state index contributed by atoms with van der Waals surface area (Å²) in [5.41, 5.74) is 0. The van der Waals surface area contributed by atoms with Crippen molar-refractivity contribution in [2.75, 3.05) is 27.4 Å². The molecular weight excluding hydrogens is 318 g/mol. The van der Waals surface area contributed by atoms with E-state index in [-0.39, 0.29) is 17.4 Å². The zero-order valence-electron chi connectivity index (χ0n) is 13.0. The van der Waals surface area contributed by atoms with Crippen molar-refractivity contribution >= 4 is 16.7 Å². The van der Waals surface area contributed by atoms with Gasteiger partial charge in [0.05, 0.1) is 35.2 Å². The Morgan fingerprint density at radius 3 is 2.74 bits per heavy atom. The van der Waals surface area contributed by atoms with Crippen molar-refractivity contribution in [2.45, 2.75) is 10.6 Å². The van der Waals surface area contributed by atoms with Gasteiger partial charge in [0.25, 0.3) is 5.91 Å². The van der Waals surface area contributed by atoms with Crippen molar-refractivity contribution in [3.8, 4) is 5.75 Å². The average Bonchev–Trinajstić information content (AvgIpc) is 3.03. The van der Waals surface area contributed by atoms with Crippen molar-refractivity contribution in [1.29, 1.82) is 0 Å². The van der Waals surface area contributed by atoms with Gasteiger partial charge in [0.15, 0.2) is 5.76 Å². The summed E-state index contributed by atoms with van der Waals surface area (Å²) in [6.45, 7) is 0.829. The van der Waals surface area contributed by atoms with E-state index in [0.29, 0.717) is 29.6 Å². The van der Waals surface area contributed by atoms with Crippen LogP contribution in [0.3, 0.4) is 0 Å². The van der Waals surface area contributed by atoms with Crippen LogP contribution >= 0.6 is 0 Å². The van der Waals surface area contributed by atoms with E-state index in [1.165, 1.54) is 7.11 Å². The molecule has 1 aromatic carbocycles. The summed E-state index contributed by atoms with van der Waals surface area (Å²) >= 11 is 0. The van der Waals surface area contributed by atoms with Crippen LogP contribution in [0.2, 0.25) is 0 Å². The molecule has 0 fully saturated rings. The topological polar surface area (TPSA) is 77.8 Å². The summed E-state index contributed by atoms with van der Waals surface area (Å²) in [7, 11) is 1.77. The number of benzene rings is 1. The summed E-state index contributed by atoms with van der Waals surface area (Å²) in [5.74, 6) is 1.08. The molecule has 6 nitrogen and oxygen atoms in total. The highest BCUT2D eigenvalue weighted by atomic mass is 32.2. The highest BCUT2D eigenvalue weighted by molar-refractivity contribution is 7.84. The molecule has 1 amide bonds. The Labute approximate surface area is 137 Å². The fraction of sp³-hybridized carbons (Fsp3) is 0.312. The van der Waals surface area contributed by atoms with Crippen LogP contribution in [0.4, 0.5) is 0 Å². The number of hydrogen-bond acceptors (Lipinski definition) is 5. The zero-order valence-corrected chi connectivity index (χ0v) is 13.9. The summed E-state index contributed by atoms with van der Waals surface area (Å²) < 4.78 is 28.0. The standard InChI is InChI=1S/C16H19NO5S/c1-20-10-9-17-16(18)14-8-7-12(22-14)11-23(19)15-6-4-3-5-13(15)21-2/h3-8H,9-11H2,1-2H3,(H,17,18)/t23-/m0/s1. The van der Waals surface area contributed by atoms with Crippen LogP contribution in [0.5, 0.6) is 5.75 Å². The van der Waals surface area contributed by atoms with Gasteiger partial charge in [-0.1, -0.05) is 12.1 Å². The van der Waals surface area contributed by atoms with Gasteiger partial charge in [-0.05, 0) is 24.3 Å². The predicted octanol–water partition coefficient (Wildman–Crippen LogP) is 1.97. The molecule has 124 valence electrons. The van der Waals surface area contributed by atoms with E-state index in [1.807, 2.05) is 6.07 Å². The molecular formula is C16H19NO5S. The largest absolute Gasteiger partial charge is 0.495 e. The molecule has 7 heteroatoms. The molecule has 0 aliphatic rings. The molecule has 0 radical (unpaired) electrons. The molecule has 0 saturated carbocycles. The molecule has 2 aromatic rings. The van der Waals surface area contributed by atoms with Crippen molar-refractivity contribution < 1.29 is 22.9 Å². The predicted molar refractivity (Wildman–Crippen MR) is 86.0 cm³/mol. The molecule has 0 saturated heterocycles. The van der Waals surface area contributed by atoms with Gasteiger partial charge in [-0.25, -0.2) is 0 Å². The normalized spacial score (nSPS) is 11.9. The third-order valence-electron chi connectivity index (χ3n) is 3.06. The molecule has 1 aromatic heterocycles. The molecule has 23 heavy (non-hydrogen) atoms. The Balaban J connectivity index is 2.01. The van der Waals surface area contributed by atoms with Gasteiger partial charge in [0, 0.05) is 13.7 Å². The first-order chi connectivity index (χ1) is 11.2. The molecule has 1 heterocycles. The van der Waals surface area contributed by atoms with Gasteiger partial charge in [0.1, 0.15) is 11.5 Å². The second-order valence-corrected chi connectivity index (χ2v) is 6.07. The quantitative estimate of drug-likeness (QED) is 0.745. The SMILES string of the molecule is COCCNC(=O)c1ccc(C[S@](=O)c2ccccc2OC)o1. The summed E-state index contributed by atoms with van der Waals surface area (Å²) in [4.78, 5) is 12.4. The lowest BCUT2D eigenvalue weighted by Crippen LogP contribution is -2.26. The first-order valence-electron chi connectivity index (χ1n) is 7.03. The molecule has 0 bridgehead atoms. The first kappa shape index (κ1) is 17.2. The third kappa shape index (κ3) is 4.67. The Kier molecular flexibility index (Phi) is 6.37. The van der Waals surface area contributed by atoms with Crippen LogP contribution in [0.1, 0.15) is 16.3 Å². The zero-order chi connectivity index (χ0) is 16.7. The monoisotopic (exact) mass is 337 g/mol. The van der Waals surface area contributed by atoms with E-state index in [1.54, 1.807) is 37.4 Å². The highest BCUT2D eigenvalue weighted by Crippen LogP contribution is 2.23. The van der Waals surface area contributed by atoms with E-state index in [0.717, 1.165) is 0 Å². The van der Waals surface area contributed by atoms with Gasteiger partial charge in [0.2, 0.25) is 0 Å². The first-order valence-corrected chi connectivity index (χ1v) is 8.35. The lowest BCUT2D eigenvalue weighted by Gasteiger charge is -2.06. The third-order valence-corrected chi connectivity index (χ3v) is 4.44. The number of carbonyl (C=O) groups is 1. The number of nitrogens with one attached hydrogen (secondary N) is 1. The Hall–Kier alpha value is -2.12. The summed E-state index contributed by atoms with van der Waals surface area (Å²) in [5, 5.41) is 2.66. The van der Waals surface area contributed by atoms with E-state index >= 15 is 0 Å². The molecule has 0 unspecified atom stereocenters. The Bertz CT molecular complexity index is 683. The summed E-state index contributed by atoms with van der Waals surface area (Å²) in [6, 6.07) is 10.3. The molecule has 0 aliphatic heterocycles. The second-order valence-electron chi connectivity index (χ2n) is 4.66. The number of rotatable bonds is 8. The maximum absolute atomic E-state index is 12.4. The maximum Gasteiger partial charge on any atom is 0.287 e. The molecule has 0 spiro atoms. The van der Waals surface area contributed by atoms with Gasteiger partial charge < -0.3 is 19.2 Å². The maximum atomic E-state index is 12.4. The molecule has 1 atom stereocenters. The number of para-hydroxylation sites is 1. The van der Waals surface area contributed by atoms with Crippen molar-refractivity contribution in [1.82, 2.24) is 5.32 Å². The van der Waals surface area contributed by atoms with Crippen LogP contribution in [-0.2, 0) is 21.3 Å². The van der Waals surface area contributed by atoms with Crippen LogP contribution in [0, 0.1) is 0 Å². The lowest BCUT2D eigenvalue weighted by atomic mass is 10.3. The van der Waals surface area contributed by atoms with Gasteiger partial charge >= 0.3 is 0 Å². The second kappa shape index (κ2) is 8.50. The number of hydrogen-bond donors (Lipinski definition) is 1. The number of furan rings is 1. The fourth-order valence-corrected chi connectivity index (χ4v) is 3.12. The van der Waals surface area contributed by atoms with Crippen LogP contribution in [0.15, 0.2) is 45.7 Å². The van der Waals surface area contributed by atoms with Gasteiger partial charge in [-0.2, -0.15) is 0 Å².